The van der Waals surface area contributed by atoms with Crippen LogP contribution >= 0.6 is 22.9 Å². The Morgan fingerprint density at radius 2 is 1.93 bits per heavy atom. The topological polar surface area (TPSA) is 119 Å². The summed E-state index contributed by atoms with van der Waals surface area (Å²) in [6, 6.07) is 18.7. The molecule has 0 atom stereocenters. The van der Waals surface area contributed by atoms with E-state index in [0.717, 1.165) is 50.1 Å². The van der Waals surface area contributed by atoms with Crippen molar-refractivity contribution in [1.29, 1.82) is 0 Å². The summed E-state index contributed by atoms with van der Waals surface area (Å²) in [6.45, 7) is 0.532. The summed E-state index contributed by atoms with van der Waals surface area (Å²) in [5, 5.41) is 26.3. The van der Waals surface area contributed by atoms with Crippen LogP contribution in [0.5, 0.6) is 5.75 Å². The number of benzene rings is 3. The molecule has 0 aliphatic rings. The van der Waals surface area contributed by atoms with Gasteiger partial charge in [-0.3, -0.25) is 0 Å². The number of tetrazole rings is 1. The Labute approximate surface area is 243 Å². The molecule has 204 valence electrons. The van der Waals surface area contributed by atoms with Gasteiger partial charge in [0.15, 0.2) is 10.8 Å². The molecule has 6 rings (SSSR count). The number of H-pyrrole nitrogens is 1. The van der Waals surface area contributed by atoms with E-state index in [-0.39, 0.29) is 5.56 Å². The first kappa shape index (κ1) is 26.5. The normalized spacial score (nSPS) is 11.1. The predicted octanol–water partition coefficient (Wildman–Crippen LogP) is 5.55. The number of aromatic amines is 1. The van der Waals surface area contributed by atoms with Crippen LogP contribution in [0, 0.1) is 11.8 Å². The lowest BCUT2D eigenvalue weighted by molar-refractivity contribution is 0.0697. The maximum Gasteiger partial charge on any atom is 0.335 e. The van der Waals surface area contributed by atoms with Crippen LogP contribution in [0.1, 0.15) is 38.0 Å². The first-order chi connectivity index (χ1) is 20.0. The maximum atomic E-state index is 11.9. The third-order valence-electron chi connectivity index (χ3n) is 6.82. The zero-order valence-corrected chi connectivity index (χ0v) is 23.5. The Morgan fingerprint density at radius 1 is 1.07 bits per heavy atom. The number of aromatic carboxylic acids is 1. The second-order valence-corrected chi connectivity index (χ2v) is 10.8. The molecular weight excluding hydrogens is 560 g/mol. The molecule has 2 N–H and O–H groups in total. The quantitative estimate of drug-likeness (QED) is 0.226. The number of aromatic nitrogens is 6. The number of carboxylic acid groups (broad SMARTS) is 1. The first-order valence-electron chi connectivity index (χ1n) is 12.8. The molecule has 3 aromatic heterocycles. The lowest BCUT2D eigenvalue weighted by Crippen LogP contribution is -2.06. The molecule has 0 saturated heterocycles. The fraction of sp³-hybridized carbons (Fsp3) is 0.167. The molecular formula is C30H23ClN6O3S. The Kier molecular flexibility index (Phi) is 7.37. The van der Waals surface area contributed by atoms with E-state index < -0.39 is 5.97 Å². The monoisotopic (exact) mass is 582 g/mol. The van der Waals surface area contributed by atoms with Gasteiger partial charge in [0.05, 0.1) is 28.6 Å². The second-order valence-electron chi connectivity index (χ2n) is 9.32. The number of carbonyl (C=O) groups is 1. The zero-order valence-electron chi connectivity index (χ0n) is 21.9. The molecule has 41 heavy (non-hydrogen) atoms. The van der Waals surface area contributed by atoms with Gasteiger partial charge in [-0.2, -0.15) is 5.21 Å². The van der Waals surface area contributed by atoms with Gasteiger partial charge in [0.2, 0.25) is 0 Å². The van der Waals surface area contributed by atoms with Gasteiger partial charge in [-0.15, -0.1) is 21.5 Å². The minimum absolute atomic E-state index is 0.222. The van der Waals surface area contributed by atoms with E-state index in [1.54, 1.807) is 19.2 Å². The average Bonchev–Trinajstić information content (AvgIpc) is 3.71. The number of rotatable bonds is 8. The van der Waals surface area contributed by atoms with Gasteiger partial charge >= 0.3 is 5.97 Å². The first-order valence-corrected chi connectivity index (χ1v) is 14.0. The third kappa shape index (κ3) is 5.63. The Balaban J connectivity index is 1.48. The molecule has 9 nitrogen and oxygen atoms in total. The predicted molar refractivity (Wildman–Crippen MR) is 158 cm³/mol. The van der Waals surface area contributed by atoms with Crippen LogP contribution in [0.4, 0.5) is 0 Å². The molecule has 0 amide bonds. The number of ether oxygens (including phenoxy) is 1. The van der Waals surface area contributed by atoms with E-state index in [4.69, 9.17) is 21.3 Å². The van der Waals surface area contributed by atoms with Gasteiger partial charge in [0.1, 0.15) is 5.75 Å². The van der Waals surface area contributed by atoms with Crippen molar-refractivity contribution >= 4 is 50.0 Å². The van der Waals surface area contributed by atoms with Crippen molar-refractivity contribution in [3.8, 4) is 17.6 Å². The number of hydrogen-bond donors (Lipinski definition) is 2. The van der Waals surface area contributed by atoms with E-state index >= 15 is 0 Å². The molecule has 3 aromatic carbocycles. The fourth-order valence-electron chi connectivity index (χ4n) is 4.81. The number of halogens is 1. The van der Waals surface area contributed by atoms with E-state index in [1.807, 2.05) is 48.5 Å². The smallest absolute Gasteiger partial charge is 0.335 e. The lowest BCUT2D eigenvalue weighted by atomic mass is 10.0. The maximum absolute atomic E-state index is 11.9. The van der Waals surface area contributed by atoms with Crippen LogP contribution in [-0.4, -0.2) is 48.4 Å². The Hall–Kier alpha value is -4.72. The highest BCUT2D eigenvalue weighted by Gasteiger charge is 2.19. The van der Waals surface area contributed by atoms with Crippen LogP contribution in [0.3, 0.4) is 0 Å². The summed E-state index contributed by atoms with van der Waals surface area (Å²) in [4.78, 5) is 16.6. The van der Waals surface area contributed by atoms with Gasteiger partial charge in [-0.05, 0) is 78.3 Å². The van der Waals surface area contributed by atoms with Gasteiger partial charge in [0, 0.05) is 35.0 Å². The Morgan fingerprint density at radius 3 is 2.68 bits per heavy atom. The van der Waals surface area contributed by atoms with Crippen molar-refractivity contribution < 1.29 is 14.6 Å². The van der Waals surface area contributed by atoms with Crippen LogP contribution in [0.2, 0.25) is 5.02 Å². The summed E-state index contributed by atoms with van der Waals surface area (Å²) in [5.74, 6) is 7.02. The molecule has 0 saturated carbocycles. The summed E-state index contributed by atoms with van der Waals surface area (Å²) in [7, 11) is 1.63. The van der Waals surface area contributed by atoms with Crippen LogP contribution < -0.4 is 4.74 Å². The zero-order chi connectivity index (χ0) is 28.3. The molecule has 0 bridgehead atoms. The molecule has 11 heteroatoms. The summed E-state index contributed by atoms with van der Waals surface area (Å²) in [6.07, 6.45) is 1.90. The average molecular weight is 583 g/mol. The highest BCUT2D eigenvalue weighted by atomic mass is 35.5. The van der Waals surface area contributed by atoms with E-state index in [9.17, 15) is 9.90 Å². The molecule has 0 aliphatic carbocycles. The SMILES string of the molecule is COc1ccc2sc(C#Cc3c(CCc4ccc(Cl)cc4)c4cc(C(=O)O)ccc4n3CCc3nn[nH]n3)nc2c1. The van der Waals surface area contributed by atoms with Crippen LogP contribution in [0.25, 0.3) is 21.1 Å². The molecule has 0 radical (unpaired) electrons. The highest BCUT2D eigenvalue weighted by molar-refractivity contribution is 7.19. The van der Waals surface area contributed by atoms with Gasteiger partial charge < -0.3 is 14.4 Å². The van der Waals surface area contributed by atoms with Crippen molar-refractivity contribution in [1.82, 2.24) is 30.2 Å². The largest absolute Gasteiger partial charge is 0.497 e. The van der Waals surface area contributed by atoms with Crippen molar-refractivity contribution in [2.24, 2.45) is 0 Å². The number of nitrogens with zero attached hydrogens (tertiary/aromatic N) is 5. The number of carboxylic acids is 1. The summed E-state index contributed by atoms with van der Waals surface area (Å²) < 4.78 is 8.46. The molecule has 6 aromatic rings. The summed E-state index contributed by atoms with van der Waals surface area (Å²) >= 11 is 7.61. The number of nitrogens with one attached hydrogen (secondary N) is 1. The molecule has 0 aliphatic heterocycles. The number of fused-ring (bicyclic) bond motifs is 2. The Bertz CT molecular complexity index is 1930. The van der Waals surface area contributed by atoms with Crippen LogP contribution in [-0.2, 0) is 25.8 Å². The highest BCUT2D eigenvalue weighted by Crippen LogP contribution is 2.30. The number of methoxy groups -OCH3 is 1. The molecule has 3 heterocycles. The fourth-order valence-corrected chi connectivity index (χ4v) is 5.73. The minimum atomic E-state index is -0.979. The summed E-state index contributed by atoms with van der Waals surface area (Å²) in [5.41, 5.74) is 4.84. The van der Waals surface area contributed by atoms with Gasteiger partial charge in [-0.25, -0.2) is 9.78 Å². The van der Waals surface area contributed by atoms with E-state index in [2.05, 4.69) is 37.0 Å². The molecule has 0 fully saturated rings. The van der Waals surface area contributed by atoms with Crippen molar-refractivity contribution in [2.75, 3.05) is 7.11 Å². The van der Waals surface area contributed by atoms with E-state index in [1.165, 1.54) is 11.3 Å². The van der Waals surface area contributed by atoms with Crippen molar-refractivity contribution in [3.05, 3.63) is 98.9 Å². The van der Waals surface area contributed by atoms with E-state index in [0.29, 0.717) is 35.2 Å². The van der Waals surface area contributed by atoms with Gasteiger partial charge in [0.25, 0.3) is 0 Å². The van der Waals surface area contributed by atoms with Crippen LogP contribution in [0.15, 0.2) is 60.7 Å². The molecule has 0 spiro atoms. The third-order valence-corrected chi connectivity index (χ3v) is 8.03. The van der Waals surface area contributed by atoms with Crippen molar-refractivity contribution in [2.45, 2.75) is 25.8 Å². The standard InChI is InChI=1S/C30H23ClN6O3S/c1-40-21-8-12-27-24(17-21)32-29(41-27)13-11-25-22(9-4-18-2-6-20(31)7-3-18)23-16-19(30(38)39)5-10-26(23)37(25)15-14-28-33-35-36-34-28/h2-3,5-8,10,12,16-17H,4,9,14-15H2,1H3,(H,38,39)(H,33,34,35,36). The second kappa shape index (κ2) is 11.4. The number of thiazole rings is 1. The van der Waals surface area contributed by atoms with Crippen molar-refractivity contribution in [3.63, 3.8) is 0 Å². The van der Waals surface area contributed by atoms with Gasteiger partial charge in [-0.1, -0.05) is 28.9 Å². The molecule has 0 unspecified atom stereocenters. The number of hydrogen-bond acceptors (Lipinski definition) is 7. The number of aryl methyl sites for hydroxylation is 4. The minimum Gasteiger partial charge on any atom is -0.497 e. The lowest BCUT2D eigenvalue weighted by Gasteiger charge is -2.07.